The van der Waals surface area contributed by atoms with E-state index >= 15 is 0 Å². The lowest BCUT2D eigenvalue weighted by molar-refractivity contribution is -0.130. The Morgan fingerprint density at radius 1 is 1.08 bits per heavy atom. The summed E-state index contributed by atoms with van der Waals surface area (Å²) in [5.41, 5.74) is 2.45. The standard InChI is InChI=1S/C19H20N2O3/c1-20(14-15-8-3-2-4-9-15)18(22)12-7-13-21-16-10-5-6-11-17(16)24-19(21)23/h2-6,8-11H,7,12-14H2,1H3. The number of benzene rings is 2. The Morgan fingerprint density at radius 3 is 2.58 bits per heavy atom. The topological polar surface area (TPSA) is 55.5 Å². The number of hydrogen-bond donors (Lipinski definition) is 0. The van der Waals surface area contributed by atoms with Crippen molar-refractivity contribution in [1.82, 2.24) is 9.47 Å². The summed E-state index contributed by atoms with van der Waals surface area (Å²) in [6, 6.07) is 17.2. The molecule has 0 saturated carbocycles. The van der Waals surface area contributed by atoms with E-state index in [2.05, 4.69) is 0 Å². The second-order valence-corrected chi connectivity index (χ2v) is 5.83. The van der Waals surface area contributed by atoms with E-state index in [-0.39, 0.29) is 11.7 Å². The Morgan fingerprint density at radius 2 is 1.79 bits per heavy atom. The second-order valence-electron chi connectivity index (χ2n) is 5.83. The maximum atomic E-state index is 12.2. The van der Waals surface area contributed by atoms with Gasteiger partial charge >= 0.3 is 5.76 Å². The van der Waals surface area contributed by atoms with Crippen molar-refractivity contribution in [2.45, 2.75) is 25.9 Å². The molecule has 24 heavy (non-hydrogen) atoms. The summed E-state index contributed by atoms with van der Waals surface area (Å²) in [6.45, 7) is 1.06. The molecule has 5 nitrogen and oxygen atoms in total. The zero-order valence-corrected chi connectivity index (χ0v) is 13.6. The number of fused-ring (bicyclic) bond motifs is 1. The Hall–Kier alpha value is -2.82. The number of hydrogen-bond acceptors (Lipinski definition) is 3. The number of aryl methyl sites for hydroxylation is 1. The van der Waals surface area contributed by atoms with Gasteiger partial charge in [0, 0.05) is 26.6 Å². The molecule has 124 valence electrons. The van der Waals surface area contributed by atoms with Crippen LogP contribution < -0.4 is 5.76 Å². The van der Waals surface area contributed by atoms with Gasteiger partial charge in [-0.2, -0.15) is 0 Å². The van der Waals surface area contributed by atoms with E-state index in [4.69, 9.17) is 4.42 Å². The van der Waals surface area contributed by atoms with Crippen molar-refractivity contribution in [3.63, 3.8) is 0 Å². The van der Waals surface area contributed by atoms with Gasteiger partial charge in [-0.05, 0) is 24.1 Å². The first-order chi connectivity index (χ1) is 11.6. The summed E-state index contributed by atoms with van der Waals surface area (Å²) >= 11 is 0. The summed E-state index contributed by atoms with van der Waals surface area (Å²) in [5, 5.41) is 0. The first-order valence-electron chi connectivity index (χ1n) is 8.01. The molecule has 0 aliphatic rings. The molecule has 3 aromatic rings. The minimum atomic E-state index is -0.374. The SMILES string of the molecule is CN(Cc1ccccc1)C(=O)CCCn1c(=O)oc2ccccc21. The Bertz CT molecular complexity index is 880. The van der Waals surface area contributed by atoms with Crippen LogP contribution in [0.4, 0.5) is 0 Å². The number of oxazole rings is 1. The summed E-state index contributed by atoms with van der Waals surface area (Å²) < 4.78 is 6.78. The molecule has 1 aromatic heterocycles. The van der Waals surface area contributed by atoms with E-state index in [0.29, 0.717) is 31.5 Å². The van der Waals surface area contributed by atoms with Gasteiger partial charge in [0.15, 0.2) is 5.58 Å². The highest BCUT2D eigenvalue weighted by atomic mass is 16.4. The van der Waals surface area contributed by atoms with Crippen LogP contribution in [-0.4, -0.2) is 22.4 Å². The molecule has 3 rings (SSSR count). The number of rotatable bonds is 6. The van der Waals surface area contributed by atoms with Gasteiger partial charge in [-0.25, -0.2) is 4.79 Å². The summed E-state index contributed by atoms with van der Waals surface area (Å²) in [4.78, 5) is 25.8. The molecule has 0 unspecified atom stereocenters. The van der Waals surface area contributed by atoms with Crippen LogP contribution in [0.25, 0.3) is 11.1 Å². The lowest BCUT2D eigenvalue weighted by Crippen LogP contribution is -2.26. The molecule has 1 heterocycles. The van der Waals surface area contributed by atoms with Gasteiger partial charge in [0.05, 0.1) is 5.52 Å². The van der Waals surface area contributed by atoms with Crippen molar-refractivity contribution in [2.24, 2.45) is 0 Å². The quantitative estimate of drug-likeness (QED) is 0.700. The average Bonchev–Trinajstić information content (AvgIpc) is 2.91. The normalized spacial score (nSPS) is 10.9. The highest BCUT2D eigenvalue weighted by Gasteiger charge is 2.11. The molecule has 0 spiro atoms. The van der Waals surface area contributed by atoms with Crippen LogP contribution in [0.15, 0.2) is 63.8 Å². The highest BCUT2D eigenvalue weighted by molar-refractivity contribution is 5.76. The summed E-state index contributed by atoms with van der Waals surface area (Å²) in [5.74, 6) is -0.305. The van der Waals surface area contributed by atoms with E-state index in [9.17, 15) is 9.59 Å². The molecular formula is C19H20N2O3. The van der Waals surface area contributed by atoms with Gasteiger partial charge in [0.1, 0.15) is 0 Å². The molecule has 1 amide bonds. The molecule has 2 aromatic carbocycles. The average molecular weight is 324 g/mol. The van der Waals surface area contributed by atoms with E-state index in [1.165, 1.54) is 0 Å². The van der Waals surface area contributed by atoms with Crippen molar-refractivity contribution >= 4 is 17.0 Å². The second kappa shape index (κ2) is 7.17. The number of amides is 1. The Kier molecular flexibility index (Phi) is 4.79. The minimum absolute atomic E-state index is 0.0692. The molecule has 0 saturated heterocycles. The molecule has 0 atom stereocenters. The smallest absolute Gasteiger partial charge is 0.408 e. The van der Waals surface area contributed by atoms with Crippen LogP contribution in [0.3, 0.4) is 0 Å². The van der Waals surface area contributed by atoms with Gasteiger partial charge in [0.2, 0.25) is 5.91 Å². The predicted octanol–water partition coefficient (Wildman–Crippen LogP) is 3.03. The molecule has 5 heteroatoms. The fourth-order valence-electron chi connectivity index (χ4n) is 2.75. The van der Waals surface area contributed by atoms with E-state index in [1.807, 2.05) is 48.5 Å². The lowest BCUT2D eigenvalue weighted by atomic mass is 10.2. The minimum Gasteiger partial charge on any atom is -0.408 e. The van der Waals surface area contributed by atoms with Gasteiger partial charge in [-0.15, -0.1) is 0 Å². The molecule has 0 aliphatic carbocycles. The first-order valence-corrected chi connectivity index (χ1v) is 8.01. The molecule has 0 radical (unpaired) electrons. The number of para-hydroxylation sites is 2. The Labute approximate surface area is 140 Å². The van der Waals surface area contributed by atoms with Crippen LogP contribution in [0, 0.1) is 0 Å². The van der Waals surface area contributed by atoms with Gasteiger partial charge in [-0.3, -0.25) is 9.36 Å². The summed E-state index contributed by atoms with van der Waals surface area (Å²) in [6.07, 6.45) is 0.997. The first kappa shape index (κ1) is 16.1. The van der Waals surface area contributed by atoms with E-state index < -0.39 is 0 Å². The molecule has 0 aliphatic heterocycles. The number of carbonyl (C=O) groups is 1. The van der Waals surface area contributed by atoms with Crippen LogP contribution >= 0.6 is 0 Å². The monoisotopic (exact) mass is 324 g/mol. The summed E-state index contributed by atoms with van der Waals surface area (Å²) in [7, 11) is 1.80. The third-order valence-corrected chi connectivity index (χ3v) is 4.03. The molecular weight excluding hydrogens is 304 g/mol. The van der Waals surface area contributed by atoms with Gasteiger partial charge in [0.25, 0.3) is 0 Å². The van der Waals surface area contributed by atoms with Crippen molar-refractivity contribution < 1.29 is 9.21 Å². The Balaban J connectivity index is 1.56. The van der Waals surface area contributed by atoms with Crippen molar-refractivity contribution in [3.05, 3.63) is 70.7 Å². The maximum Gasteiger partial charge on any atom is 0.419 e. The third-order valence-electron chi connectivity index (χ3n) is 4.03. The highest BCUT2D eigenvalue weighted by Crippen LogP contribution is 2.13. The maximum absolute atomic E-state index is 12.2. The zero-order valence-electron chi connectivity index (χ0n) is 13.6. The van der Waals surface area contributed by atoms with Crippen LogP contribution in [0.2, 0.25) is 0 Å². The van der Waals surface area contributed by atoms with Crippen molar-refractivity contribution in [3.8, 4) is 0 Å². The van der Waals surface area contributed by atoms with Crippen LogP contribution in [0.5, 0.6) is 0 Å². The molecule has 0 bridgehead atoms. The van der Waals surface area contributed by atoms with Crippen molar-refractivity contribution in [1.29, 1.82) is 0 Å². The lowest BCUT2D eigenvalue weighted by Gasteiger charge is -2.17. The van der Waals surface area contributed by atoms with Gasteiger partial charge in [-0.1, -0.05) is 42.5 Å². The predicted molar refractivity (Wildman–Crippen MR) is 92.6 cm³/mol. The van der Waals surface area contributed by atoms with Crippen LogP contribution in [0.1, 0.15) is 18.4 Å². The molecule has 0 N–H and O–H groups in total. The fourth-order valence-corrected chi connectivity index (χ4v) is 2.75. The third kappa shape index (κ3) is 3.56. The van der Waals surface area contributed by atoms with Crippen LogP contribution in [-0.2, 0) is 17.9 Å². The number of aromatic nitrogens is 1. The fraction of sp³-hybridized carbons (Fsp3) is 0.263. The number of carbonyl (C=O) groups excluding carboxylic acids is 1. The molecule has 0 fully saturated rings. The largest absolute Gasteiger partial charge is 0.419 e. The van der Waals surface area contributed by atoms with Gasteiger partial charge < -0.3 is 9.32 Å². The zero-order chi connectivity index (χ0) is 16.9. The van der Waals surface area contributed by atoms with Crippen molar-refractivity contribution in [2.75, 3.05) is 7.05 Å². The van der Waals surface area contributed by atoms with E-state index in [1.54, 1.807) is 22.6 Å². The van der Waals surface area contributed by atoms with E-state index in [0.717, 1.165) is 11.1 Å². The number of nitrogens with zero attached hydrogens (tertiary/aromatic N) is 2.